The Bertz CT molecular complexity index is 3850. The molecule has 0 saturated heterocycles. The number of hydrogen-bond donors (Lipinski definition) is 0. The Morgan fingerprint density at radius 3 is 1.21 bits per heavy atom. The lowest BCUT2D eigenvalue weighted by Crippen LogP contribution is -2.28. The molecule has 340 valence electrons. The van der Waals surface area contributed by atoms with Gasteiger partial charge in [0.1, 0.15) is 0 Å². The van der Waals surface area contributed by atoms with Crippen LogP contribution in [0.2, 0.25) is 0 Å². The van der Waals surface area contributed by atoms with Gasteiger partial charge in [-0.2, -0.15) is 0 Å². The Morgan fingerprint density at radius 1 is 0.250 bits per heavy atom. The minimum Gasteiger partial charge on any atom is -0.310 e. The molecule has 0 amide bonds. The van der Waals surface area contributed by atoms with Gasteiger partial charge < -0.3 is 4.90 Å². The predicted molar refractivity (Wildman–Crippen MR) is 299 cm³/mol. The average Bonchev–Trinajstić information content (AvgIpc) is 4.01. The molecule has 72 heavy (non-hydrogen) atoms. The number of rotatable bonds is 8. The molecule has 0 aliphatic heterocycles. The van der Waals surface area contributed by atoms with Crippen LogP contribution in [0.25, 0.3) is 44.5 Å². The molecule has 0 bridgehead atoms. The highest BCUT2D eigenvalue weighted by Crippen LogP contribution is 2.60. The first-order valence-electron chi connectivity index (χ1n) is 25.3. The van der Waals surface area contributed by atoms with Crippen molar-refractivity contribution in [3.05, 3.63) is 329 Å². The summed E-state index contributed by atoms with van der Waals surface area (Å²) in [6.07, 6.45) is 0. The van der Waals surface area contributed by atoms with Crippen molar-refractivity contribution in [1.82, 2.24) is 0 Å². The fraction of sp³-hybridized carbons (Fsp3) is 0.0704. The monoisotopic (exact) mass is 917 g/mol. The lowest BCUT2D eigenvalue weighted by Gasteiger charge is -2.35. The molecule has 0 saturated carbocycles. The third-order valence-corrected chi connectivity index (χ3v) is 16.7. The standard InChI is InChI=1S/C71H51N/c1-69(48-24-7-3-8-25-48)62-38-20-17-35-60(62)68-59(36-23-40-64(68)69)58-34-18-22-41-67(58)72(52-42-44-56-54-32-15-19-37-61(54)70(2,65(56)46-52)49-26-9-4-10-27-49)53-43-45-57-55-33-16-21-39-63(55)71(66(57)47-53,50-28-11-5-12-29-50)51-30-13-6-14-31-51/h3-47H,1-2H3. The number of anilines is 3. The van der Waals surface area contributed by atoms with Crippen molar-refractivity contribution in [1.29, 1.82) is 0 Å². The lowest BCUT2D eigenvalue weighted by molar-refractivity contribution is 0.714. The van der Waals surface area contributed by atoms with Crippen LogP contribution in [-0.4, -0.2) is 0 Å². The van der Waals surface area contributed by atoms with Gasteiger partial charge in [-0.3, -0.25) is 0 Å². The van der Waals surface area contributed by atoms with Crippen LogP contribution in [0.5, 0.6) is 0 Å². The summed E-state index contributed by atoms with van der Waals surface area (Å²) < 4.78 is 0. The molecule has 3 aliphatic rings. The van der Waals surface area contributed by atoms with Crippen molar-refractivity contribution < 1.29 is 0 Å². The van der Waals surface area contributed by atoms with Gasteiger partial charge in [0.15, 0.2) is 0 Å². The van der Waals surface area contributed by atoms with E-state index in [0.717, 1.165) is 17.1 Å². The van der Waals surface area contributed by atoms with Crippen molar-refractivity contribution in [2.75, 3.05) is 4.90 Å². The van der Waals surface area contributed by atoms with Crippen LogP contribution in [0.1, 0.15) is 69.5 Å². The zero-order valence-corrected chi connectivity index (χ0v) is 40.4. The molecule has 0 spiro atoms. The SMILES string of the molecule is CC1(c2ccccc2)c2ccccc2-c2ccc(N(c3ccc4c(c3)C(c3ccccc3)(c3ccccc3)c3ccccc3-4)c3ccccc3-c3cccc4c3-c3ccccc3C4(C)c3ccccc3)cc21. The Kier molecular flexibility index (Phi) is 9.44. The van der Waals surface area contributed by atoms with Crippen LogP contribution in [0.3, 0.4) is 0 Å². The molecule has 0 heterocycles. The van der Waals surface area contributed by atoms with E-state index in [1.54, 1.807) is 0 Å². The van der Waals surface area contributed by atoms with Crippen molar-refractivity contribution in [2.45, 2.75) is 30.1 Å². The minimum absolute atomic E-state index is 0.331. The minimum atomic E-state index is -0.563. The summed E-state index contributed by atoms with van der Waals surface area (Å²) in [6.45, 7) is 4.83. The largest absolute Gasteiger partial charge is 0.310 e. The zero-order valence-electron chi connectivity index (χ0n) is 40.4. The van der Waals surface area contributed by atoms with Crippen LogP contribution < -0.4 is 4.90 Å². The molecule has 0 N–H and O–H groups in total. The summed E-state index contributed by atoms with van der Waals surface area (Å²) in [5, 5.41) is 0. The van der Waals surface area contributed by atoms with E-state index < -0.39 is 5.41 Å². The lowest BCUT2D eigenvalue weighted by atomic mass is 9.67. The first kappa shape index (κ1) is 42.1. The van der Waals surface area contributed by atoms with Gasteiger partial charge in [-0.25, -0.2) is 0 Å². The maximum Gasteiger partial charge on any atom is 0.0714 e. The number of para-hydroxylation sites is 1. The predicted octanol–water partition coefficient (Wildman–Crippen LogP) is 17.9. The normalized spacial score (nSPS) is 17.2. The van der Waals surface area contributed by atoms with Gasteiger partial charge in [0.05, 0.1) is 11.1 Å². The summed E-state index contributed by atoms with van der Waals surface area (Å²) in [7, 11) is 0. The molecule has 0 radical (unpaired) electrons. The first-order chi connectivity index (χ1) is 35.5. The van der Waals surface area contributed by atoms with Crippen LogP contribution in [-0.2, 0) is 16.2 Å². The molecule has 2 atom stereocenters. The van der Waals surface area contributed by atoms with Crippen LogP contribution in [0.15, 0.2) is 273 Å². The van der Waals surface area contributed by atoms with E-state index in [1.165, 1.54) is 100 Å². The maximum absolute atomic E-state index is 2.56. The van der Waals surface area contributed by atoms with E-state index in [0.29, 0.717) is 0 Å². The second-order valence-electron chi connectivity index (χ2n) is 20.1. The molecule has 11 aromatic carbocycles. The smallest absolute Gasteiger partial charge is 0.0714 e. The number of fused-ring (bicyclic) bond motifs is 9. The molecular formula is C71H51N. The highest BCUT2D eigenvalue weighted by Gasteiger charge is 2.47. The molecule has 0 fully saturated rings. The molecule has 1 nitrogen and oxygen atoms in total. The van der Waals surface area contributed by atoms with E-state index in [2.05, 4.69) is 292 Å². The summed E-state index contributed by atoms with van der Waals surface area (Å²) >= 11 is 0. The summed E-state index contributed by atoms with van der Waals surface area (Å²) in [5.74, 6) is 0. The van der Waals surface area contributed by atoms with E-state index in [-0.39, 0.29) is 10.8 Å². The van der Waals surface area contributed by atoms with Gasteiger partial charge >= 0.3 is 0 Å². The Balaban J connectivity index is 1.05. The fourth-order valence-corrected chi connectivity index (χ4v) is 13.4. The van der Waals surface area contributed by atoms with Gasteiger partial charge in [-0.1, -0.05) is 243 Å². The molecule has 14 rings (SSSR count). The first-order valence-corrected chi connectivity index (χ1v) is 25.3. The van der Waals surface area contributed by atoms with E-state index in [1.807, 2.05) is 0 Å². The molecule has 11 aromatic rings. The van der Waals surface area contributed by atoms with Gasteiger partial charge in [0, 0.05) is 27.8 Å². The highest BCUT2D eigenvalue weighted by atomic mass is 15.1. The van der Waals surface area contributed by atoms with E-state index in [9.17, 15) is 0 Å². The molecular weight excluding hydrogens is 867 g/mol. The van der Waals surface area contributed by atoms with Gasteiger partial charge in [0.25, 0.3) is 0 Å². The Morgan fingerprint density at radius 2 is 0.625 bits per heavy atom. The summed E-state index contributed by atoms with van der Waals surface area (Å²) in [4.78, 5) is 2.56. The number of benzene rings is 11. The molecule has 0 aromatic heterocycles. The quantitative estimate of drug-likeness (QED) is 0.147. The third-order valence-electron chi connectivity index (χ3n) is 16.7. The third kappa shape index (κ3) is 5.83. The number of nitrogens with zero attached hydrogens (tertiary/aromatic N) is 1. The van der Waals surface area contributed by atoms with Crippen molar-refractivity contribution in [3.8, 4) is 44.5 Å². The fourth-order valence-electron chi connectivity index (χ4n) is 13.4. The van der Waals surface area contributed by atoms with E-state index >= 15 is 0 Å². The molecule has 3 aliphatic carbocycles. The van der Waals surface area contributed by atoms with Crippen molar-refractivity contribution >= 4 is 17.1 Å². The van der Waals surface area contributed by atoms with Gasteiger partial charge in [-0.05, 0) is 139 Å². The van der Waals surface area contributed by atoms with Crippen molar-refractivity contribution in [2.24, 2.45) is 0 Å². The topological polar surface area (TPSA) is 3.24 Å². The van der Waals surface area contributed by atoms with Crippen LogP contribution in [0, 0.1) is 0 Å². The highest BCUT2D eigenvalue weighted by molar-refractivity contribution is 6.00. The second kappa shape index (κ2) is 16.1. The summed E-state index contributed by atoms with van der Waals surface area (Å²) in [5.41, 5.74) is 25.1. The Hall–Kier alpha value is -8.78. The maximum atomic E-state index is 2.56. The zero-order chi connectivity index (χ0) is 48.0. The Labute approximate surface area is 423 Å². The number of hydrogen-bond acceptors (Lipinski definition) is 1. The average molecular weight is 918 g/mol. The molecule has 2 unspecified atom stereocenters. The van der Waals surface area contributed by atoms with Crippen LogP contribution >= 0.6 is 0 Å². The van der Waals surface area contributed by atoms with Gasteiger partial charge in [0.2, 0.25) is 0 Å². The van der Waals surface area contributed by atoms with Gasteiger partial charge in [-0.15, -0.1) is 0 Å². The second-order valence-corrected chi connectivity index (χ2v) is 20.1. The molecule has 1 heteroatoms. The van der Waals surface area contributed by atoms with E-state index in [4.69, 9.17) is 0 Å². The van der Waals surface area contributed by atoms with Crippen LogP contribution in [0.4, 0.5) is 17.1 Å². The van der Waals surface area contributed by atoms with Crippen molar-refractivity contribution in [3.63, 3.8) is 0 Å². The summed E-state index contributed by atoms with van der Waals surface area (Å²) in [6, 6.07) is 102.